The van der Waals surface area contributed by atoms with Gasteiger partial charge >= 0.3 is 0 Å². The first-order chi connectivity index (χ1) is 6.57. The molecule has 0 saturated carbocycles. The summed E-state index contributed by atoms with van der Waals surface area (Å²) < 4.78 is 22.6. The van der Waals surface area contributed by atoms with Gasteiger partial charge in [-0.2, -0.15) is 0 Å². The summed E-state index contributed by atoms with van der Waals surface area (Å²) in [5.41, 5.74) is 1.92. The van der Waals surface area contributed by atoms with Crippen molar-refractivity contribution in [1.82, 2.24) is 0 Å². The molecule has 0 unspecified atom stereocenters. The first-order valence-electron chi connectivity index (χ1n) is 4.43. The van der Waals surface area contributed by atoms with Gasteiger partial charge in [-0.15, -0.1) is 0 Å². The van der Waals surface area contributed by atoms with Gasteiger partial charge in [0.05, 0.1) is 10.6 Å². The van der Waals surface area contributed by atoms with Gasteiger partial charge in [0.1, 0.15) is 0 Å². The molecule has 0 atom stereocenters. The zero-order valence-corrected chi connectivity index (χ0v) is 8.71. The lowest BCUT2D eigenvalue weighted by atomic mass is 10.1. The Morgan fingerprint density at radius 3 is 2.86 bits per heavy atom. The van der Waals surface area contributed by atoms with Crippen LogP contribution in [0.1, 0.15) is 12.0 Å². The third kappa shape index (κ3) is 1.70. The van der Waals surface area contributed by atoms with Gasteiger partial charge in [-0.25, -0.2) is 8.42 Å². The first kappa shape index (κ1) is 9.40. The quantitative estimate of drug-likeness (QED) is 0.707. The Hall–Kier alpha value is -1.16. The standard InChI is InChI=1S/C10H11NO2S/c1-14(12,13)9-4-5-10-8(7-9)3-2-6-11-10/h4-7H,2-3H2,1H3. The van der Waals surface area contributed by atoms with Gasteiger partial charge in [0.15, 0.2) is 9.84 Å². The fraction of sp³-hybridized carbons (Fsp3) is 0.300. The van der Waals surface area contributed by atoms with Crippen LogP contribution in [0.5, 0.6) is 0 Å². The third-order valence-electron chi connectivity index (χ3n) is 2.25. The maximum Gasteiger partial charge on any atom is 0.175 e. The van der Waals surface area contributed by atoms with E-state index in [1.807, 2.05) is 6.21 Å². The molecule has 2 rings (SSSR count). The predicted octanol–water partition coefficient (Wildman–Crippen LogP) is 1.74. The highest BCUT2D eigenvalue weighted by Crippen LogP contribution is 2.26. The Bertz CT molecular complexity index is 489. The zero-order valence-electron chi connectivity index (χ0n) is 7.90. The molecule has 1 aliphatic rings. The van der Waals surface area contributed by atoms with E-state index in [1.54, 1.807) is 18.2 Å². The van der Waals surface area contributed by atoms with Crippen molar-refractivity contribution in [3.8, 4) is 0 Å². The Labute approximate surface area is 83.4 Å². The van der Waals surface area contributed by atoms with Crippen LogP contribution in [-0.2, 0) is 16.3 Å². The van der Waals surface area contributed by atoms with E-state index in [1.165, 1.54) is 6.26 Å². The molecule has 0 fully saturated rings. The highest BCUT2D eigenvalue weighted by Gasteiger charge is 2.11. The van der Waals surface area contributed by atoms with Gasteiger partial charge in [0, 0.05) is 12.5 Å². The summed E-state index contributed by atoms with van der Waals surface area (Å²) in [4.78, 5) is 4.58. The molecule has 3 nitrogen and oxygen atoms in total. The van der Waals surface area contributed by atoms with E-state index in [9.17, 15) is 8.42 Å². The van der Waals surface area contributed by atoms with E-state index in [-0.39, 0.29) is 0 Å². The van der Waals surface area contributed by atoms with E-state index in [4.69, 9.17) is 0 Å². The third-order valence-corrected chi connectivity index (χ3v) is 3.36. The van der Waals surface area contributed by atoms with Gasteiger partial charge in [-0.3, -0.25) is 4.99 Å². The molecule has 0 saturated heterocycles. The monoisotopic (exact) mass is 209 g/mol. The van der Waals surface area contributed by atoms with Crippen molar-refractivity contribution in [3.05, 3.63) is 23.8 Å². The summed E-state index contributed by atoms with van der Waals surface area (Å²) in [6, 6.07) is 5.10. The van der Waals surface area contributed by atoms with Crippen LogP contribution in [0.25, 0.3) is 0 Å². The van der Waals surface area contributed by atoms with Crippen molar-refractivity contribution in [1.29, 1.82) is 0 Å². The summed E-state index contributed by atoms with van der Waals surface area (Å²) in [6.45, 7) is 0. The molecule has 1 aromatic carbocycles. The van der Waals surface area contributed by atoms with Gasteiger partial charge in [0.2, 0.25) is 0 Å². The number of rotatable bonds is 1. The minimum Gasteiger partial charge on any atom is -0.261 e. The number of hydrogen-bond acceptors (Lipinski definition) is 3. The number of hydrogen-bond donors (Lipinski definition) is 0. The van der Waals surface area contributed by atoms with Crippen molar-refractivity contribution in [2.24, 2.45) is 4.99 Å². The predicted molar refractivity (Wildman–Crippen MR) is 56.0 cm³/mol. The molecular formula is C10H11NO2S. The van der Waals surface area contributed by atoms with Crippen LogP contribution in [0.2, 0.25) is 0 Å². The van der Waals surface area contributed by atoms with Gasteiger partial charge in [0.25, 0.3) is 0 Å². The number of sulfone groups is 1. The van der Waals surface area contributed by atoms with Gasteiger partial charge in [-0.1, -0.05) is 0 Å². The van der Waals surface area contributed by atoms with Gasteiger partial charge < -0.3 is 0 Å². The summed E-state index contributed by atoms with van der Waals surface area (Å²) in [5, 5.41) is 0. The van der Waals surface area contributed by atoms with Crippen LogP contribution < -0.4 is 0 Å². The second kappa shape index (κ2) is 3.20. The Balaban J connectivity index is 2.55. The molecule has 74 valence electrons. The maximum absolute atomic E-state index is 11.3. The van der Waals surface area contributed by atoms with E-state index in [2.05, 4.69) is 4.99 Å². The maximum atomic E-state index is 11.3. The largest absolute Gasteiger partial charge is 0.261 e. The zero-order chi connectivity index (χ0) is 10.2. The van der Waals surface area contributed by atoms with Crippen molar-refractivity contribution in [3.63, 3.8) is 0 Å². The van der Waals surface area contributed by atoms with Crippen LogP contribution in [0, 0.1) is 0 Å². The molecule has 1 heterocycles. The minimum atomic E-state index is -3.09. The molecule has 0 amide bonds. The van der Waals surface area contributed by atoms with E-state index < -0.39 is 9.84 Å². The van der Waals surface area contributed by atoms with Crippen LogP contribution >= 0.6 is 0 Å². The van der Waals surface area contributed by atoms with Crippen LogP contribution in [0.3, 0.4) is 0 Å². The number of aliphatic imine (C=N–C) groups is 1. The normalized spacial score (nSPS) is 15.2. The average molecular weight is 209 g/mol. The molecule has 4 heteroatoms. The second-order valence-electron chi connectivity index (χ2n) is 3.41. The topological polar surface area (TPSA) is 46.5 Å². The van der Waals surface area contributed by atoms with E-state index in [0.29, 0.717) is 4.90 Å². The SMILES string of the molecule is CS(=O)(=O)c1ccc2c(c1)CCC=N2. The number of fused-ring (bicyclic) bond motifs is 1. The van der Waals surface area contributed by atoms with Crippen molar-refractivity contribution in [2.75, 3.05) is 6.26 Å². The lowest BCUT2D eigenvalue weighted by Crippen LogP contribution is -2.00. The molecule has 1 aromatic rings. The molecular weight excluding hydrogens is 198 g/mol. The van der Waals surface area contributed by atoms with Crippen LogP contribution in [0.15, 0.2) is 28.1 Å². The van der Waals surface area contributed by atoms with Crippen molar-refractivity contribution >= 4 is 21.7 Å². The molecule has 14 heavy (non-hydrogen) atoms. The summed E-state index contributed by atoms with van der Waals surface area (Å²) in [6.07, 6.45) is 4.85. The summed E-state index contributed by atoms with van der Waals surface area (Å²) in [5.74, 6) is 0. The van der Waals surface area contributed by atoms with Gasteiger partial charge in [-0.05, 0) is 36.6 Å². The smallest absolute Gasteiger partial charge is 0.175 e. The van der Waals surface area contributed by atoms with Crippen molar-refractivity contribution < 1.29 is 8.42 Å². The van der Waals surface area contributed by atoms with Crippen molar-refractivity contribution in [2.45, 2.75) is 17.7 Å². The summed E-state index contributed by atoms with van der Waals surface area (Å²) >= 11 is 0. The molecule has 0 radical (unpaired) electrons. The van der Waals surface area contributed by atoms with Crippen LogP contribution in [-0.4, -0.2) is 20.9 Å². The van der Waals surface area contributed by atoms with E-state index >= 15 is 0 Å². The molecule has 0 aromatic heterocycles. The fourth-order valence-electron chi connectivity index (χ4n) is 1.50. The lowest BCUT2D eigenvalue weighted by Gasteiger charge is -2.10. The molecule has 1 aliphatic heterocycles. The first-order valence-corrected chi connectivity index (χ1v) is 6.32. The highest BCUT2D eigenvalue weighted by atomic mass is 32.2. The Kier molecular flexibility index (Phi) is 2.15. The average Bonchev–Trinajstić information content (AvgIpc) is 2.16. The van der Waals surface area contributed by atoms with E-state index in [0.717, 1.165) is 24.1 Å². The number of aryl methyl sites for hydroxylation is 1. The molecule has 0 N–H and O–H groups in total. The number of benzene rings is 1. The molecule has 0 spiro atoms. The minimum absolute atomic E-state index is 0.383. The molecule has 0 bridgehead atoms. The Morgan fingerprint density at radius 2 is 2.14 bits per heavy atom. The number of nitrogens with zero attached hydrogens (tertiary/aromatic N) is 1. The lowest BCUT2D eigenvalue weighted by molar-refractivity contribution is 0.601. The van der Waals surface area contributed by atoms with Crippen LogP contribution in [0.4, 0.5) is 5.69 Å². The summed E-state index contributed by atoms with van der Waals surface area (Å²) in [7, 11) is -3.09. The molecule has 0 aliphatic carbocycles. The Morgan fingerprint density at radius 1 is 1.36 bits per heavy atom. The second-order valence-corrected chi connectivity index (χ2v) is 5.43. The highest BCUT2D eigenvalue weighted by molar-refractivity contribution is 7.90. The fourth-order valence-corrected chi connectivity index (χ4v) is 2.17.